The number of nitrogen functional groups attached to an aromatic ring is 1. The largest absolute Gasteiger partial charge is 0.381 e. The number of rotatable bonds is 4. The van der Waals surface area contributed by atoms with Gasteiger partial charge in [0.25, 0.3) is 5.56 Å². The first kappa shape index (κ1) is 14.6. The Bertz CT molecular complexity index is 804. The average molecular weight is 323 g/mol. The standard InChI is InChI=1S/C13H17N5O5/c1-20-4-13-5-22-7(8(13)21-2)11(23-13)18-9-6(3-15-18)10(19)17-12(14)16-9/h3,7-8,11H,4-5H2,1-2H3,(H3,14,16,17,19)/t7-,8?,11+,13-/m0/s1. The van der Waals surface area contributed by atoms with Crippen LogP contribution in [0.3, 0.4) is 0 Å². The van der Waals surface area contributed by atoms with Crippen molar-refractivity contribution in [2.45, 2.75) is 24.0 Å². The molecule has 4 atom stereocenters. The van der Waals surface area contributed by atoms with E-state index in [1.165, 1.54) is 10.9 Å². The van der Waals surface area contributed by atoms with Crippen molar-refractivity contribution in [2.75, 3.05) is 33.2 Å². The zero-order valence-corrected chi connectivity index (χ0v) is 12.7. The number of aromatic amines is 1. The van der Waals surface area contributed by atoms with Gasteiger partial charge >= 0.3 is 0 Å². The van der Waals surface area contributed by atoms with Crippen LogP contribution in [-0.4, -0.2) is 65.0 Å². The number of H-pyrrole nitrogens is 1. The Hall–Kier alpha value is -2.01. The van der Waals surface area contributed by atoms with Gasteiger partial charge in [0, 0.05) is 14.2 Å². The number of aromatic nitrogens is 4. The van der Waals surface area contributed by atoms with E-state index in [0.717, 1.165) is 0 Å². The number of nitrogens with two attached hydrogens (primary N) is 1. The Morgan fingerprint density at radius 3 is 3.13 bits per heavy atom. The summed E-state index contributed by atoms with van der Waals surface area (Å²) in [7, 11) is 3.20. The van der Waals surface area contributed by atoms with Crippen LogP contribution in [0, 0.1) is 0 Å². The topological polar surface area (TPSA) is 127 Å². The molecule has 4 heterocycles. The van der Waals surface area contributed by atoms with Gasteiger partial charge in [-0.15, -0.1) is 0 Å². The maximum absolute atomic E-state index is 11.9. The highest BCUT2D eigenvalue weighted by molar-refractivity contribution is 5.74. The summed E-state index contributed by atoms with van der Waals surface area (Å²) in [6.07, 6.45) is 0.183. The van der Waals surface area contributed by atoms with E-state index in [-0.39, 0.29) is 23.7 Å². The number of nitrogens with zero attached hydrogens (tertiary/aromatic N) is 3. The molecule has 2 aromatic rings. The number of anilines is 1. The molecule has 10 nitrogen and oxygen atoms in total. The SMILES string of the molecule is COC[C@]12CO[C@@H](C1OC)[C@H](n1ncc3c(=O)[nH]c(N)nc31)O2. The summed E-state index contributed by atoms with van der Waals surface area (Å²) in [5.74, 6) is 0.0169. The highest BCUT2D eigenvalue weighted by Crippen LogP contribution is 2.46. The molecule has 4 rings (SSSR count). The Morgan fingerprint density at radius 2 is 2.39 bits per heavy atom. The lowest BCUT2D eigenvalue weighted by atomic mass is 10.0. The van der Waals surface area contributed by atoms with Crippen LogP contribution in [0.15, 0.2) is 11.0 Å². The van der Waals surface area contributed by atoms with Crippen molar-refractivity contribution < 1.29 is 18.9 Å². The van der Waals surface area contributed by atoms with Crippen molar-refractivity contribution in [3.63, 3.8) is 0 Å². The van der Waals surface area contributed by atoms with Gasteiger partial charge in [0.15, 0.2) is 11.9 Å². The zero-order chi connectivity index (χ0) is 16.2. The highest BCUT2D eigenvalue weighted by Gasteiger charge is 2.63. The Labute approximate surface area is 130 Å². The second kappa shape index (κ2) is 4.99. The van der Waals surface area contributed by atoms with Gasteiger partial charge in [-0.25, -0.2) is 4.68 Å². The smallest absolute Gasteiger partial charge is 0.263 e. The summed E-state index contributed by atoms with van der Waals surface area (Å²) >= 11 is 0. The number of ether oxygens (including phenoxy) is 4. The van der Waals surface area contributed by atoms with Crippen LogP contribution in [0.4, 0.5) is 5.95 Å². The second-order valence-corrected chi connectivity index (χ2v) is 5.72. The summed E-state index contributed by atoms with van der Waals surface area (Å²) in [5.41, 5.74) is 4.92. The molecule has 2 aliphatic rings. The quantitative estimate of drug-likeness (QED) is 0.736. The molecular formula is C13H17N5O5. The van der Waals surface area contributed by atoms with Crippen LogP contribution in [0.2, 0.25) is 0 Å². The van der Waals surface area contributed by atoms with Gasteiger partial charge in [-0.05, 0) is 0 Å². The minimum atomic E-state index is -0.705. The summed E-state index contributed by atoms with van der Waals surface area (Å²) < 4.78 is 24.3. The molecule has 10 heteroatoms. The third kappa shape index (κ3) is 1.92. The fourth-order valence-corrected chi connectivity index (χ4v) is 3.43. The summed E-state index contributed by atoms with van der Waals surface area (Å²) in [5, 5.41) is 4.57. The first-order chi connectivity index (χ1) is 11.1. The van der Waals surface area contributed by atoms with Crippen LogP contribution in [0.1, 0.15) is 6.23 Å². The van der Waals surface area contributed by atoms with Gasteiger partial charge in [0.2, 0.25) is 5.95 Å². The van der Waals surface area contributed by atoms with E-state index in [9.17, 15) is 4.79 Å². The van der Waals surface area contributed by atoms with Crippen molar-refractivity contribution >= 4 is 17.0 Å². The molecule has 0 aromatic carbocycles. The lowest BCUT2D eigenvalue weighted by Gasteiger charge is -2.30. The van der Waals surface area contributed by atoms with Crippen LogP contribution >= 0.6 is 0 Å². The number of hydrogen-bond donors (Lipinski definition) is 2. The van der Waals surface area contributed by atoms with Crippen molar-refractivity contribution in [1.82, 2.24) is 19.7 Å². The molecule has 2 aliphatic heterocycles. The highest BCUT2D eigenvalue weighted by atomic mass is 16.7. The number of nitrogens with one attached hydrogen (secondary N) is 1. The van der Waals surface area contributed by atoms with Gasteiger partial charge in [0.05, 0.1) is 19.4 Å². The predicted octanol–water partition coefficient (Wildman–Crippen LogP) is -0.970. The van der Waals surface area contributed by atoms with E-state index in [1.54, 1.807) is 14.2 Å². The van der Waals surface area contributed by atoms with Crippen LogP contribution in [-0.2, 0) is 18.9 Å². The van der Waals surface area contributed by atoms with Crippen LogP contribution in [0.5, 0.6) is 0 Å². The number of fused-ring (bicyclic) bond motifs is 3. The zero-order valence-electron chi connectivity index (χ0n) is 12.7. The second-order valence-electron chi connectivity index (χ2n) is 5.72. The molecule has 0 saturated carbocycles. The molecule has 23 heavy (non-hydrogen) atoms. The molecular weight excluding hydrogens is 306 g/mol. The molecule has 2 bridgehead atoms. The van der Waals surface area contributed by atoms with Gasteiger partial charge in [-0.3, -0.25) is 9.78 Å². The fraction of sp³-hybridized carbons (Fsp3) is 0.615. The van der Waals surface area contributed by atoms with Crippen LogP contribution < -0.4 is 11.3 Å². The van der Waals surface area contributed by atoms with Crippen molar-refractivity contribution in [2.24, 2.45) is 0 Å². The molecule has 0 spiro atoms. The van der Waals surface area contributed by atoms with Crippen molar-refractivity contribution in [3.05, 3.63) is 16.6 Å². The number of hydrogen-bond acceptors (Lipinski definition) is 8. The Balaban J connectivity index is 1.79. The molecule has 0 radical (unpaired) electrons. The molecule has 0 aliphatic carbocycles. The summed E-state index contributed by atoms with van der Waals surface area (Å²) in [6, 6.07) is 0. The van der Waals surface area contributed by atoms with Gasteiger partial charge in [0.1, 0.15) is 23.2 Å². The van der Waals surface area contributed by atoms with E-state index < -0.39 is 11.8 Å². The summed E-state index contributed by atoms with van der Waals surface area (Å²) in [6.45, 7) is 0.698. The number of methoxy groups -OCH3 is 2. The maximum atomic E-state index is 11.9. The van der Waals surface area contributed by atoms with Gasteiger partial charge < -0.3 is 24.7 Å². The minimum Gasteiger partial charge on any atom is -0.381 e. The molecule has 0 amide bonds. The molecule has 2 fully saturated rings. The molecule has 1 unspecified atom stereocenters. The normalized spacial score (nSPS) is 32.9. The Kier molecular flexibility index (Phi) is 3.17. The Morgan fingerprint density at radius 1 is 1.57 bits per heavy atom. The minimum absolute atomic E-state index is 0.0169. The third-order valence-electron chi connectivity index (χ3n) is 4.34. The van der Waals surface area contributed by atoms with Crippen molar-refractivity contribution in [1.29, 1.82) is 0 Å². The van der Waals surface area contributed by atoms with Gasteiger partial charge in [-0.1, -0.05) is 0 Å². The third-order valence-corrected chi connectivity index (χ3v) is 4.34. The monoisotopic (exact) mass is 323 g/mol. The molecule has 2 aromatic heterocycles. The predicted molar refractivity (Wildman–Crippen MR) is 77.8 cm³/mol. The lowest BCUT2D eigenvalue weighted by Crippen LogP contribution is -2.45. The molecule has 124 valence electrons. The van der Waals surface area contributed by atoms with Gasteiger partial charge in [-0.2, -0.15) is 10.1 Å². The average Bonchev–Trinajstić information content (AvgIpc) is 3.15. The van der Waals surface area contributed by atoms with Crippen LogP contribution in [0.25, 0.3) is 11.0 Å². The van der Waals surface area contributed by atoms with E-state index in [4.69, 9.17) is 24.7 Å². The lowest BCUT2D eigenvalue weighted by molar-refractivity contribution is -0.192. The first-order valence-electron chi connectivity index (χ1n) is 7.14. The maximum Gasteiger partial charge on any atom is 0.263 e. The molecule has 2 saturated heterocycles. The van der Waals surface area contributed by atoms with Crippen molar-refractivity contribution in [3.8, 4) is 0 Å². The van der Waals surface area contributed by atoms with E-state index >= 15 is 0 Å². The fourth-order valence-electron chi connectivity index (χ4n) is 3.43. The molecule has 3 N–H and O–H groups in total. The van der Waals surface area contributed by atoms with E-state index in [1.807, 2.05) is 0 Å². The first-order valence-corrected chi connectivity index (χ1v) is 7.14. The summed E-state index contributed by atoms with van der Waals surface area (Å²) in [4.78, 5) is 18.5. The van der Waals surface area contributed by atoms with E-state index in [2.05, 4.69) is 15.1 Å². The van der Waals surface area contributed by atoms with E-state index in [0.29, 0.717) is 24.2 Å².